The zero-order valence-electron chi connectivity index (χ0n) is 15.7. The number of likely N-dealkylation sites (tertiary alicyclic amines) is 1. The van der Waals surface area contributed by atoms with Gasteiger partial charge in [-0.15, -0.1) is 0 Å². The summed E-state index contributed by atoms with van der Waals surface area (Å²) in [6.07, 6.45) is 1.44. The molecule has 0 aliphatic carbocycles. The largest absolute Gasteiger partial charge is 0.481 e. The Morgan fingerprint density at radius 2 is 1.78 bits per heavy atom. The number of nitrogens with one attached hydrogen (secondary N) is 1. The molecule has 27 heavy (non-hydrogen) atoms. The van der Waals surface area contributed by atoms with E-state index in [0.29, 0.717) is 26.2 Å². The van der Waals surface area contributed by atoms with Gasteiger partial charge in [-0.05, 0) is 12.8 Å². The van der Waals surface area contributed by atoms with Gasteiger partial charge in [0, 0.05) is 58.4 Å². The molecular formula is C17H30N6O4. The Morgan fingerprint density at radius 1 is 1.15 bits per heavy atom. The van der Waals surface area contributed by atoms with E-state index in [1.165, 1.54) is 0 Å². The molecule has 0 saturated carbocycles. The average Bonchev–Trinajstić information content (AvgIpc) is 3.01. The zero-order chi connectivity index (χ0) is 19.4. The summed E-state index contributed by atoms with van der Waals surface area (Å²) in [5, 5.41) is 16.3. The second-order valence-electron chi connectivity index (χ2n) is 7.55. The minimum atomic E-state index is -0.760. The molecule has 10 nitrogen and oxygen atoms in total. The Kier molecular flexibility index (Phi) is 6.38. The molecule has 0 bridgehead atoms. The maximum Gasteiger partial charge on any atom is 0.410 e. The van der Waals surface area contributed by atoms with E-state index in [1.54, 1.807) is 0 Å². The molecule has 1 atom stereocenters. The van der Waals surface area contributed by atoms with Crippen LogP contribution in [0.25, 0.3) is 0 Å². The molecule has 4 N–H and O–H groups in total. The molecule has 1 unspecified atom stereocenters. The highest BCUT2D eigenvalue weighted by molar-refractivity contribution is 5.74. The minimum Gasteiger partial charge on any atom is -0.481 e. The minimum absolute atomic E-state index is 0.0952. The number of carbonyl (C=O) groups excluding carboxylic acids is 1. The number of guanidine groups is 1. The molecule has 0 spiro atoms. The number of carboxylic acid groups (broad SMARTS) is 1. The fourth-order valence-corrected chi connectivity index (χ4v) is 4.09. The number of rotatable bonds is 6. The lowest BCUT2D eigenvalue weighted by Crippen LogP contribution is -2.50. The van der Waals surface area contributed by atoms with Gasteiger partial charge in [-0.3, -0.25) is 15.1 Å². The highest BCUT2D eigenvalue weighted by Crippen LogP contribution is 2.23. The van der Waals surface area contributed by atoms with E-state index in [0.717, 1.165) is 45.6 Å². The van der Waals surface area contributed by atoms with Gasteiger partial charge in [-0.1, -0.05) is 0 Å². The van der Waals surface area contributed by atoms with Crippen molar-refractivity contribution in [2.75, 3.05) is 58.9 Å². The van der Waals surface area contributed by atoms with Gasteiger partial charge < -0.3 is 30.3 Å². The SMILES string of the molecule is N=C(N)N1CCC(N2CC(CN3CCN(CCC(=O)O)CC3)OC2=O)CC1. The van der Waals surface area contributed by atoms with Gasteiger partial charge in [0.1, 0.15) is 6.10 Å². The van der Waals surface area contributed by atoms with Crippen LogP contribution in [-0.2, 0) is 9.53 Å². The van der Waals surface area contributed by atoms with Crippen LogP contribution in [0, 0.1) is 5.41 Å². The lowest BCUT2D eigenvalue weighted by atomic mass is 10.0. The summed E-state index contributed by atoms with van der Waals surface area (Å²) < 4.78 is 5.58. The second-order valence-corrected chi connectivity index (χ2v) is 7.55. The first-order valence-corrected chi connectivity index (χ1v) is 9.65. The average molecular weight is 382 g/mol. The van der Waals surface area contributed by atoms with Crippen LogP contribution in [0.3, 0.4) is 0 Å². The molecule has 1 amide bonds. The van der Waals surface area contributed by atoms with Crippen molar-refractivity contribution in [2.24, 2.45) is 5.73 Å². The monoisotopic (exact) mass is 382 g/mol. The summed E-state index contributed by atoms with van der Waals surface area (Å²) in [6.45, 7) is 6.76. The molecule has 3 saturated heterocycles. The molecule has 0 aromatic carbocycles. The van der Waals surface area contributed by atoms with Crippen LogP contribution in [0.2, 0.25) is 0 Å². The van der Waals surface area contributed by atoms with E-state index in [-0.39, 0.29) is 30.6 Å². The molecule has 152 valence electrons. The molecule has 3 heterocycles. The standard InChI is InChI=1S/C17H30N6O4/c18-16(19)22-5-1-13(2-6-22)23-12-14(27-17(23)26)11-21-9-7-20(8-10-21)4-3-15(24)25/h13-14H,1-12H2,(H3,18,19)(H,24,25). The van der Waals surface area contributed by atoms with Crippen LogP contribution in [-0.4, -0.2) is 114 Å². The Balaban J connectivity index is 1.40. The van der Waals surface area contributed by atoms with E-state index in [2.05, 4.69) is 9.80 Å². The Bertz CT molecular complexity index is 558. The lowest BCUT2D eigenvalue weighted by Gasteiger charge is -2.36. The first kappa shape index (κ1) is 19.7. The summed E-state index contributed by atoms with van der Waals surface area (Å²) in [4.78, 5) is 31.1. The number of ether oxygens (including phenoxy) is 1. The highest BCUT2D eigenvalue weighted by Gasteiger charge is 2.38. The number of cyclic esters (lactones) is 1. The van der Waals surface area contributed by atoms with Crippen molar-refractivity contribution in [1.82, 2.24) is 19.6 Å². The fourth-order valence-electron chi connectivity index (χ4n) is 4.09. The van der Waals surface area contributed by atoms with E-state index >= 15 is 0 Å². The van der Waals surface area contributed by atoms with Crippen molar-refractivity contribution in [3.63, 3.8) is 0 Å². The molecule has 10 heteroatoms. The number of piperidine rings is 1. The maximum atomic E-state index is 12.3. The number of carbonyl (C=O) groups is 2. The van der Waals surface area contributed by atoms with Crippen molar-refractivity contribution in [1.29, 1.82) is 5.41 Å². The van der Waals surface area contributed by atoms with Crippen LogP contribution in [0.4, 0.5) is 4.79 Å². The van der Waals surface area contributed by atoms with E-state index in [4.69, 9.17) is 21.0 Å². The van der Waals surface area contributed by atoms with Gasteiger partial charge >= 0.3 is 12.1 Å². The van der Waals surface area contributed by atoms with Crippen LogP contribution < -0.4 is 5.73 Å². The third kappa shape index (κ3) is 5.23. The number of amides is 1. The highest BCUT2D eigenvalue weighted by atomic mass is 16.6. The first-order valence-electron chi connectivity index (χ1n) is 9.65. The first-order chi connectivity index (χ1) is 12.9. The van der Waals surface area contributed by atoms with E-state index < -0.39 is 5.97 Å². The summed E-state index contributed by atoms with van der Waals surface area (Å²) in [5.74, 6) is -0.664. The van der Waals surface area contributed by atoms with Crippen molar-refractivity contribution >= 4 is 18.0 Å². The number of piperazine rings is 1. The molecule has 3 fully saturated rings. The fraction of sp³-hybridized carbons (Fsp3) is 0.824. The number of nitrogens with zero attached hydrogens (tertiary/aromatic N) is 4. The van der Waals surface area contributed by atoms with E-state index in [1.807, 2.05) is 9.80 Å². The molecule has 3 rings (SSSR count). The second kappa shape index (κ2) is 8.75. The van der Waals surface area contributed by atoms with Crippen LogP contribution >= 0.6 is 0 Å². The van der Waals surface area contributed by atoms with Crippen LogP contribution in [0.15, 0.2) is 0 Å². The third-order valence-corrected chi connectivity index (χ3v) is 5.72. The number of hydrogen-bond acceptors (Lipinski definition) is 6. The lowest BCUT2D eigenvalue weighted by molar-refractivity contribution is -0.137. The number of aliphatic carboxylic acids is 1. The van der Waals surface area contributed by atoms with Crippen LogP contribution in [0.1, 0.15) is 19.3 Å². The molecule has 3 aliphatic rings. The molecule has 0 radical (unpaired) electrons. The third-order valence-electron chi connectivity index (χ3n) is 5.72. The van der Waals surface area contributed by atoms with Gasteiger partial charge in [-0.2, -0.15) is 0 Å². The van der Waals surface area contributed by atoms with Crippen molar-refractivity contribution in [2.45, 2.75) is 31.4 Å². The van der Waals surface area contributed by atoms with Crippen molar-refractivity contribution in [3.05, 3.63) is 0 Å². The van der Waals surface area contributed by atoms with E-state index in [9.17, 15) is 9.59 Å². The Labute approximate surface area is 159 Å². The molecule has 0 aromatic rings. The molecule has 3 aliphatic heterocycles. The topological polar surface area (TPSA) is 126 Å². The van der Waals surface area contributed by atoms with Gasteiger partial charge in [0.15, 0.2) is 5.96 Å². The number of nitrogens with two attached hydrogens (primary N) is 1. The molecule has 0 aromatic heterocycles. The van der Waals surface area contributed by atoms with Crippen molar-refractivity contribution in [3.8, 4) is 0 Å². The normalized spacial score (nSPS) is 25.6. The summed E-state index contributed by atoms with van der Waals surface area (Å²) >= 11 is 0. The Morgan fingerprint density at radius 3 is 2.37 bits per heavy atom. The summed E-state index contributed by atoms with van der Waals surface area (Å²) in [5.41, 5.74) is 5.53. The Hall–Kier alpha value is -2.07. The summed E-state index contributed by atoms with van der Waals surface area (Å²) in [7, 11) is 0. The van der Waals surface area contributed by atoms with Crippen molar-refractivity contribution < 1.29 is 19.4 Å². The van der Waals surface area contributed by atoms with Gasteiger partial charge in [0.2, 0.25) is 0 Å². The van der Waals surface area contributed by atoms with Gasteiger partial charge in [0.05, 0.1) is 13.0 Å². The smallest absolute Gasteiger partial charge is 0.410 e. The predicted octanol–water partition coefficient (Wildman–Crippen LogP) is -0.743. The number of hydrogen-bond donors (Lipinski definition) is 3. The maximum absolute atomic E-state index is 12.3. The van der Waals surface area contributed by atoms with Gasteiger partial charge in [-0.25, -0.2) is 4.79 Å². The number of carboxylic acids is 1. The van der Waals surface area contributed by atoms with Crippen LogP contribution in [0.5, 0.6) is 0 Å². The quantitative estimate of drug-likeness (QED) is 0.405. The zero-order valence-corrected chi connectivity index (χ0v) is 15.7. The summed E-state index contributed by atoms with van der Waals surface area (Å²) in [6, 6.07) is 0.158. The van der Waals surface area contributed by atoms with Gasteiger partial charge in [0.25, 0.3) is 0 Å². The predicted molar refractivity (Wildman–Crippen MR) is 98.6 cm³/mol. The molecular weight excluding hydrogens is 352 g/mol.